The van der Waals surface area contributed by atoms with Crippen molar-refractivity contribution in [3.05, 3.63) is 93.0 Å². The van der Waals surface area contributed by atoms with Crippen LogP contribution in [0.4, 0.5) is 32.2 Å². The number of carbonyl (C=O) groups excluding carboxylic acids is 1. The number of aromatic nitrogens is 5. The number of nitrogens with one attached hydrogen (secondary N) is 1. The van der Waals surface area contributed by atoms with Crippen molar-refractivity contribution in [2.75, 3.05) is 11.0 Å². The zero-order valence-corrected chi connectivity index (χ0v) is 30.9. The molecular weight excluding hydrogens is 788 g/mol. The van der Waals surface area contributed by atoms with Crippen molar-refractivity contribution in [3.8, 4) is 23.0 Å². The zero-order valence-electron chi connectivity index (χ0n) is 29.3. The van der Waals surface area contributed by atoms with Crippen molar-refractivity contribution >= 4 is 44.3 Å². The van der Waals surface area contributed by atoms with Crippen molar-refractivity contribution in [3.63, 3.8) is 0 Å². The number of primary amides is 1. The Morgan fingerprint density at radius 3 is 2.39 bits per heavy atom. The number of hydrogen-bond donors (Lipinski definition) is 3. The summed E-state index contributed by atoms with van der Waals surface area (Å²) in [7, 11) is -2.38. The van der Waals surface area contributed by atoms with Gasteiger partial charge in [-0.15, -0.1) is 0 Å². The van der Waals surface area contributed by atoms with Crippen LogP contribution in [-0.4, -0.2) is 55.8 Å². The smallest absolute Gasteiger partial charge is 0.293 e. The van der Waals surface area contributed by atoms with Crippen molar-refractivity contribution in [2.24, 2.45) is 18.7 Å². The number of hydrogen-bond acceptors (Lipinski definition) is 7. The summed E-state index contributed by atoms with van der Waals surface area (Å²) in [5.74, 6) is -5.43. The lowest BCUT2D eigenvalue weighted by Crippen LogP contribution is -2.37. The minimum absolute atomic E-state index is 0.0166. The molecule has 2 aromatic carbocycles. The van der Waals surface area contributed by atoms with Crippen LogP contribution in [0.3, 0.4) is 0 Å². The predicted molar refractivity (Wildman–Crippen MR) is 191 cm³/mol. The molecule has 3 aliphatic carbocycles. The van der Waals surface area contributed by atoms with Gasteiger partial charge in [0.25, 0.3) is 12.3 Å². The van der Waals surface area contributed by atoms with Crippen LogP contribution < -0.4 is 10.5 Å². The summed E-state index contributed by atoms with van der Waals surface area (Å²) >= 11 is 6.59. The number of nitrogens with two attached hydrogens (primary N) is 1. The molecule has 0 aliphatic heterocycles. The first-order valence-corrected chi connectivity index (χ1v) is 19.5. The molecule has 4 N–H and O–H groups in total. The number of anilines is 1. The van der Waals surface area contributed by atoms with Crippen LogP contribution in [0.15, 0.2) is 42.5 Å². The van der Waals surface area contributed by atoms with Crippen LogP contribution in [0.2, 0.25) is 5.02 Å². The van der Waals surface area contributed by atoms with E-state index in [0.717, 1.165) is 18.4 Å². The van der Waals surface area contributed by atoms with Crippen LogP contribution in [0.5, 0.6) is 0 Å². The number of nitrogens with zero attached hydrogens (tertiary/aromatic N) is 5. The van der Waals surface area contributed by atoms with Gasteiger partial charge in [0.1, 0.15) is 40.4 Å². The molecule has 0 saturated heterocycles. The molecule has 2 fully saturated rings. The van der Waals surface area contributed by atoms with E-state index in [4.69, 9.17) is 22.3 Å². The summed E-state index contributed by atoms with van der Waals surface area (Å²) in [5.41, 5.74) is 2.99. The number of rotatable bonds is 10. The summed E-state index contributed by atoms with van der Waals surface area (Å²) in [6.07, 6.45) is -2.20. The number of amides is 1. The number of fused-ring (bicyclic) bond motifs is 4. The Hall–Kier alpha value is -5.12. The number of aryl methyl sites for hydroxylation is 1. The molecule has 8 rings (SSSR count). The first-order chi connectivity index (χ1) is 26.3. The predicted octanol–water partition coefficient (Wildman–Crippen LogP) is 6.21. The Morgan fingerprint density at radius 2 is 1.77 bits per heavy atom. The third kappa shape index (κ3) is 6.54. The minimum atomic E-state index is -3.87. The fraction of sp³-hybridized carbons (Fsp3) is 0.351. The largest absolute Gasteiger partial charge is 0.378 e. The molecule has 11 nitrogen and oxygen atoms in total. The molecule has 2 saturated carbocycles. The summed E-state index contributed by atoms with van der Waals surface area (Å²) in [5, 5.41) is 18.9. The van der Waals surface area contributed by atoms with Crippen molar-refractivity contribution in [1.29, 1.82) is 0 Å². The Labute approximate surface area is 319 Å². The molecule has 5 aromatic rings. The van der Waals surface area contributed by atoms with Gasteiger partial charge in [-0.2, -0.15) is 19.0 Å². The number of sulfonamides is 1. The molecule has 1 unspecified atom stereocenters. The highest BCUT2D eigenvalue weighted by atomic mass is 35.5. The van der Waals surface area contributed by atoms with Crippen molar-refractivity contribution < 1.29 is 44.7 Å². The van der Waals surface area contributed by atoms with Crippen molar-refractivity contribution in [1.82, 2.24) is 24.5 Å². The fourth-order valence-electron chi connectivity index (χ4n) is 7.77. The lowest BCUT2D eigenvalue weighted by molar-refractivity contribution is -0.122. The second kappa shape index (κ2) is 13.0. The number of halogens is 7. The Morgan fingerprint density at radius 1 is 1.09 bits per heavy atom. The lowest BCUT2D eigenvalue weighted by Gasteiger charge is -2.29. The molecule has 1 amide bonds. The molecule has 3 aliphatic rings. The molecule has 292 valence electrons. The Kier molecular flexibility index (Phi) is 8.75. The molecule has 3 heterocycles. The van der Waals surface area contributed by atoms with Gasteiger partial charge >= 0.3 is 0 Å². The number of pyridine rings is 1. The summed E-state index contributed by atoms with van der Waals surface area (Å²) in [6, 6.07) is 6.41. The van der Waals surface area contributed by atoms with E-state index < -0.39 is 87.1 Å². The maximum Gasteiger partial charge on any atom is 0.293 e. The Bertz CT molecular complexity index is 2650. The van der Waals surface area contributed by atoms with E-state index >= 15 is 8.78 Å². The van der Waals surface area contributed by atoms with Crippen LogP contribution in [0, 0.1) is 29.4 Å². The standard InChI is InChI=1S/C37H30ClF6N7O4S/c1-50-30-21(5-6-25(38)27(30)35(48-50)49-56(2,54)55)20-4-3-19(7-8-36(53)9-10-36)46-28(20)23(13-16-11-17(39)14-18(40)12-16)31(34(45)52)51-32-26(29(47-51)33(41)42)22-15-24(22)37(32,43)44/h3-6,11-12,14,22-24,31,33,53H,9-10,13,15H2,1-2H3,(H2,45,52)(H,48,49)/t22-,23+,24+,31?/m0/s1. The van der Waals surface area contributed by atoms with Crippen LogP contribution in [-0.2, 0) is 34.2 Å². The molecule has 0 radical (unpaired) electrons. The molecular formula is C37H30ClF6N7O4S. The number of aliphatic hydroxyl groups is 1. The fourth-order valence-corrected chi connectivity index (χ4v) is 8.50. The maximum atomic E-state index is 16.0. The SMILES string of the molecule is Cn1nc(NS(C)(=O)=O)c2c(Cl)ccc(-c3ccc(C#CC4(O)CC4)nc3[C@@H](Cc3cc(F)cc(F)c3)C(C(N)=O)n3nc(C(F)F)c4c3C(F)(F)[C@@H]3C[C@H]43)c21. The maximum absolute atomic E-state index is 16.0. The van der Waals surface area contributed by atoms with Gasteiger partial charge in [-0.05, 0) is 73.4 Å². The van der Waals surface area contributed by atoms with E-state index in [9.17, 15) is 35.9 Å². The Balaban J connectivity index is 1.42. The summed E-state index contributed by atoms with van der Waals surface area (Å²) < 4.78 is 119. The molecule has 4 atom stereocenters. The lowest BCUT2D eigenvalue weighted by atomic mass is 9.84. The normalized spacial score (nSPS) is 19.9. The van der Waals surface area contributed by atoms with E-state index in [0.29, 0.717) is 23.6 Å². The molecule has 19 heteroatoms. The van der Waals surface area contributed by atoms with E-state index in [-0.39, 0.29) is 61.8 Å². The summed E-state index contributed by atoms with van der Waals surface area (Å²) in [6.45, 7) is 0. The average molecular weight is 818 g/mol. The number of benzene rings is 2. The first kappa shape index (κ1) is 37.8. The third-order valence-electron chi connectivity index (χ3n) is 10.4. The highest BCUT2D eigenvalue weighted by Crippen LogP contribution is 2.68. The second-order valence-corrected chi connectivity index (χ2v) is 16.6. The van der Waals surface area contributed by atoms with Crippen LogP contribution in [0.25, 0.3) is 22.0 Å². The van der Waals surface area contributed by atoms with Gasteiger partial charge < -0.3 is 10.8 Å². The minimum Gasteiger partial charge on any atom is -0.378 e. The second-order valence-electron chi connectivity index (χ2n) is 14.5. The highest BCUT2D eigenvalue weighted by molar-refractivity contribution is 7.92. The zero-order chi connectivity index (χ0) is 40.2. The van der Waals surface area contributed by atoms with Crippen LogP contribution >= 0.6 is 11.6 Å². The molecule has 3 aromatic heterocycles. The van der Waals surface area contributed by atoms with E-state index in [1.165, 1.54) is 36.0 Å². The van der Waals surface area contributed by atoms with Gasteiger partial charge in [0.2, 0.25) is 15.9 Å². The van der Waals surface area contributed by atoms with Gasteiger partial charge in [-0.25, -0.2) is 35.6 Å². The van der Waals surface area contributed by atoms with Gasteiger partial charge in [0, 0.05) is 41.6 Å². The monoisotopic (exact) mass is 817 g/mol. The molecule has 0 spiro atoms. The van der Waals surface area contributed by atoms with E-state index in [1.54, 1.807) is 0 Å². The third-order valence-corrected chi connectivity index (χ3v) is 11.3. The number of carbonyl (C=O) groups is 1. The average Bonchev–Trinajstić information content (AvgIpc) is 3.96. The quantitative estimate of drug-likeness (QED) is 0.112. The van der Waals surface area contributed by atoms with Gasteiger partial charge in [0.15, 0.2) is 5.82 Å². The van der Waals surface area contributed by atoms with E-state index in [2.05, 4.69) is 26.8 Å². The van der Waals surface area contributed by atoms with Crippen molar-refractivity contribution in [2.45, 2.75) is 61.5 Å². The summed E-state index contributed by atoms with van der Waals surface area (Å²) in [4.78, 5) is 18.5. The molecule has 0 bridgehead atoms. The highest BCUT2D eigenvalue weighted by Gasteiger charge is 2.67. The van der Waals surface area contributed by atoms with E-state index in [1.807, 2.05) is 0 Å². The van der Waals surface area contributed by atoms with Crippen LogP contribution in [0.1, 0.15) is 77.5 Å². The first-order valence-electron chi connectivity index (χ1n) is 17.2. The van der Waals surface area contributed by atoms with Gasteiger partial charge in [0.05, 0.1) is 27.9 Å². The number of alkyl halides is 4. The topological polar surface area (TPSA) is 158 Å². The van der Waals surface area contributed by atoms with Gasteiger partial charge in [-0.1, -0.05) is 23.6 Å². The van der Waals surface area contributed by atoms with Gasteiger partial charge in [-0.3, -0.25) is 14.2 Å². The molecule has 56 heavy (non-hydrogen) atoms.